The summed E-state index contributed by atoms with van der Waals surface area (Å²) in [6, 6.07) is 0.791. The van der Waals surface area contributed by atoms with Gasteiger partial charge in [0.25, 0.3) is 0 Å². The average molecular weight is 308 g/mol. The molecule has 0 atom stereocenters. The first-order valence-electron chi connectivity index (χ1n) is 6.77. The van der Waals surface area contributed by atoms with Gasteiger partial charge in [0.05, 0.1) is 13.5 Å². The summed E-state index contributed by atoms with van der Waals surface area (Å²) in [5.74, 6) is -0.189. The monoisotopic (exact) mass is 308 g/mol. The molecule has 0 aliphatic rings. The van der Waals surface area contributed by atoms with Crippen LogP contribution in [0.5, 0.6) is 0 Å². The Labute approximate surface area is 122 Å². The van der Waals surface area contributed by atoms with Crippen molar-refractivity contribution in [3.05, 3.63) is 0 Å². The normalized spacial score (nSPS) is 11.6. The molecule has 8 heteroatoms. The number of ether oxygens (including phenoxy) is 1. The van der Waals surface area contributed by atoms with Crippen molar-refractivity contribution in [1.82, 2.24) is 10.6 Å². The van der Waals surface area contributed by atoms with E-state index in [1.54, 1.807) is 21.3 Å². The molecule has 20 heavy (non-hydrogen) atoms. The van der Waals surface area contributed by atoms with Gasteiger partial charge in [0.1, 0.15) is 0 Å². The zero-order valence-electron chi connectivity index (χ0n) is 13.0. The van der Waals surface area contributed by atoms with Crippen LogP contribution in [0.4, 0.5) is 0 Å². The van der Waals surface area contributed by atoms with Crippen LogP contribution < -0.4 is 10.6 Å². The first kappa shape index (κ1) is 19.5. The molecule has 0 saturated heterocycles. The highest BCUT2D eigenvalue weighted by Gasteiger charge is 2.36. The number of rotatable bonds is 13. The lowest BCUT2D eigenvalue weighted by Crippen LogP contribution is -2.43. The molecule has 0 saturated carbocycles. The fourth-order valence-corrected chi connectivity index (χ4v) is 3.43. The topological polar surface area (TPSA) is 78.1 Å². The Hall–Kier alpha value is -0.513. The van der Waals surface area contributed by atoms with Crippen LogP contribution in [-0.2, 0) is 22.8 Å². The highest BCUT2D eigenvalue weighted by Crippen LogP contribution is 2.14. The number of hydrogen-bond donors (Lipinski definition) is 2. The Kier molecular flexibility index (Phi) is 11.9. The molecule has 0 spiro atoms. The van der Waals surface area contributed by atoms with Crippen LogP contribution in [0.1, 0.15) is 12.8 Å². The highest BCUT2D eigenvalue weighted by molar-refractivity contribution is 6.60. The molecule has 0 aromatic heterocycles. The van der Waals surface area contributed by atoms with Crippen molar-refractivity contribution in [2.24, 2.45) is 0 Å². The fourth-order valence-electron chi connectivity index (χ4n) is 1.71. The molecular weight excluding hydrogens is 280 g/mol. The minimum Gasteiger partial charge on any atom is -0.469 e. The summed E-state index contributed by atoms with van der Waals surface area (Å²) in [5.41, 5.74) is 0. The number of methoxy groups -OCH3 is 1. The smallest absolute Gasteiger partial charge is 0.469 e. The molecule has 0 unspecified atom stereocenters. The van der Waals surface area contributed by atoms with Crippen LogP contribution in [0.3, 0.4) is 0 Å². The third kappa shape index (κ3) is 8.62. The average Bonchev–Trinajstić information content (AvgIpc) is 2.49. The van der Waals surface area contributed by atoms with Gasteiger partial charge >= 0.3 is 14.8 Å². The molecular formula is C12H28N2O5Si. The van der Waals surface area contributed by atoms with Crippen LogP contribution >= 0.6 is 0 Å². The Morgan fingerprint density at radius 2 is 1.45 bits per heavy atom. The third-order valence-electron chi connectivity index (χ3n) is 2.98. The summed E-state index contributed by atoms with van der Waals surface area (Å²) >= 11 is 0. The molecule has 120 valence electrons. The lowest BCUT2D eigenvalue weighted by atomic mass is 10.4. The summed E-state index contributed by atoms with van der Waals surface area (Å²) < 4.78 is 20.6. The minimum atomic E-state index is -2.42. The van der Waals surface area contributed by atoms with E-state index in [1.165, 1.54) is 7.11 Å². The molecule has 0 rings (SSSR count). The molecule has 0 radical (unpaired) electrons. The van der Waals surface area contributed by atoms with E-state index in [0.717, 1.165) is 32.1 Å². The van der Waals surface area contributed by atoms with Crippen LogP contribution in [-0.4, -0.2) is 69.4 Å². The Morgan fingerprint density at radius 3 is 1.95 bits per heavy atom. The number of esters is 1. The zero-order chi connectivity index (χ0) is 15.3. The summed E-state index contributed by atoms with van der Waals surface area (Å²) in [6.45, 7) is 3.19. The van der Waals surface area contributed by atoms with Crippen LogP contribution in [0.25, 0.3) is 0 Å². The largest absolute Gasteiger partial charge is 0.500 e. The van der Waals surface area contributed by atoms with E-state index in [2.05, 4.69) is 15.4 Å². The van der Waals surface area contributed by atoms with E-state index in [9.17, 15) is 4.79 Å². The summed E-state index contributed by atoms with van der Waals surface area (Å²) in [4.78, 5) is 10.9. The lowest BCUT2D eigenvalue weighted by Gasteiger charge is -2.24. The molecule has 0 aromatic carbocycles. The van der Waals surface area contributed by atoms with Gasteiger partial charge in [-0.3, -0.25) is 4.79 Å². The molecule has 0 amide bonds. The van der Waals surface area contributed by atoms with Gasteiger partial charge in [0, 0.05) is 47.0 Å². The molecule has 0 heterocycles. The van der Waals surface area contributed by atoms with Gasteiger partial charge in [0.15, 0.2) is 0 Å². The Balaban J connectivity index is 3.42. The van der Waals surface area contributed by atoms with E-state index in [1.807, 2.05) is 0 Å². The number of hydrogen-bond acceptors (Lipinski definition) is 7. The van der Waals surface area contributed by atoms with Gasteiger partial charge < -0.3 is 28.6 Å². The highest BCUT2D eigenvalue weighted by atomic mass is 28.4. The predicted octanol–water partition coefficient (Wildman–Crippen LogP) is -0.00310. The van der Waals surface area contributed by atoms with Gasteiger partial charge in [-0.05, 0) is 13.0 Å². The standard InChI is InChI=1S/C12H28N2O5Si/c1-16-12(15)6-8-14-10-9-13-7-5-11-20(17-2,18-3)19-4/h13-14H,5-11H2,1-4H3. The maximum Gasteiger partial charge on any atom is 0.500 e. The maximum atomic E-state index is 10.9. The van der Waals surface area contributed by atoms with Gasteiger partial charge in [-0.15, -0.1) is 0 Å². The van der Waals surface area contributed by atoms with Gasteiger partial charge in [0.2, 0.25) is 0 Å². The summed E-state index contributed by atoms with van der Waals surface area (Å²) in [6.07, 6.45) is 1.34. The van der Waals surface area contributed by atoms with E-state index in [4.69, 9.17) is 13.3 Å². The van der Waals surface area contributed by atoms with E-state index in [-0.39, 0.29) is 5.97 Å². The van der Waals surface area contributed by atoms with Crippen molar-refractivity contribution in [3.8, 4) is 0 Å². The van der Waals surface area contributed by atoms with Crippen LogP contribution in [0, 0.1) is 0 Å². The van der Waals surface area contributed by atoms with Crippen molar-refractivity contribution in [2.75, 3.05) is 54.6 Å². The molecule has 0 bridgehead atoms. The number of carbonyl (C=O) groups excluding carboxylic acids is 1. The lowest BCUT2D eigenvalue weighted by molar-refractivity contribution is -0.140. The second-order valence-electron chi connectivity index (χ2n) is 4.23. The Bertz CT molecular complexity index is 244. The second-order valence-corrected chi connectivity index (χ2v) is 7.32. The first-order chi connectivity index (χ1) is 9.64. The van der Waals surface area contributed by atoms with Crippen molar-refractivity contribution in [3.63, 3.8) is 0 Å². The summed E-state index contributed by atoms with van der Waals surface area (Å²) in [5, 5.41) is 6.47. The zero-order valence-corrected chi connectivity index (χ0v) is 14.0. The first-order valence-corrected chi connectivity index (χ1v) is 8.71. The van der Waals surface area contributed by atoms with Gasteiger partial charge in [-0.1, -0.05) is 0 Å². The van der Waals surface area contributed by atoms with E-state index < -0.39 is 8.80 Å². The van der Waals surface area contributed by atoms with Crippen LogP contribution in [0.15, 0.2) is 0 Å². The van der Waals surface area contributed by atoms with E-state index >= 15 is 0 Å². The maximum absolute atomic E-state index is 10.9. The minimum absolute atomic E-state index is 0.189. The number of nitrogens with one attached hydrogen (secondary N) is 2. The van der Waals surface area contributed by atoms with Gasteiger partial charge in [-0.25, -0.2) is 0 Å². The van der Waals surface area contributed by atoms with Crippen molar-refractivity contribution in [2.45, 2.75) is 18.9 Å². The second kappa shape index (κ2) is 12.2. The molecule has 0 aliphatic heterocycles. The van der Waals surface area contributed by atoms with Crippen LogP contribution in [0.2, 0.25) is 6.04 Å². The molecule has 0 fully saturated rings. The van der Waals surface area contributed by atoms with Crippen molar-refractivity contribution in [1.29, 1.82) is 0 Å². The fraction of sp³-hybridized carbons (Fsp3) is 0.917. The van der Waals surface area contributed by atoms with E-state index in [0.29, 0.717) is 13.0 Å². The van der Waals surface area contributed by atoms with Gasteiger partial charge in [-0.2, -0.15) is 0 Å². The van der Waals surface area contributed by atoms with Crippen molar-refractivity contribution < 1.29 is 22.8 Å². The molecule has 0 aliphatic carbocycles. The summed E-state index contributed by atoms with van der Waals surface area (Å²) in [7, 11) is 3.84. The molecule has 0 aromatic rings. The predicted molar refractivity (Wildman–Crippen MR) is 78.6 cm³/mol. The third-order valence-corrected chi connectivity index (χ3v) is 5.81. The SMILES string of the molecule is COC(=O)CCNCCNCCC[Si](OC)(OC)OC. The Morgan fingerprint density at radius 1 is 0.900 bits per heavy atom. The molecule has 7 nitrogen and oxygen atoms in total. The quantitative estimate of drug-likeness (QED) is 0.282. The van der Waals surface area contributed by atoms with Crippen molar-refractivity contribution >= 4 is 14.8 Å². The molecule has 2 N–H and O–H groups in total. The number of carbonyl (C=O) groups is 1.